The van der Waals surface area contributed by atoms with Gasteiger partial charge in [-0.15, -0.1) is 23.2 Å². The molecule has 4 N–H and O–H groups in total. The SMILES string of the molecule is C=C(C)[C@@H]1CC[C@]2(C(=O)O)CC[C@]3(C)[C@H](CC[C@@H]4[C@@]5(C)CCC(=O)C(C)(C)[C@@H]5CC[C@]43C)[C@@H]12.C=C(C)[C@@H]1CC[C@]2(C(=O)O)CC[C@]3(C)[C@H](CC[C@@H]4[C@@]5(C)CCC(NCCCl)C(C)(C)[C@@H]5CC[C@]43C)[C@@H]12.ClCCNCl. The molecule has 10 fully saturated rings. The smallest absolute Gasteiger partial charge is 0.309 e. The van der Waals surface area contributed by atoms with E-state index in [-0.39, 0.29) is 49.7 Å². The highest BCUT2D eigenvalue weighted by Gasteiger charge is 2.74. The summed E-state index contributed by atoms with van der Waals surface area (Å²) >= 11 is 16.2. The molecule has 420 valence electrons. The molecule has 0 heterocycles. The standard InChI is InChI=1S/C32H52ClNO2.C30H46O3.C2H5Cl2N/c1-20(2)21-10-15-32(27(35)36)17-16-30(6)22(26(21)32)8-9-24-29(5)13-12-25(34-19-18-33)28(3,4)23(29)11-14-31(24,30)7;1-18(2)19-10-15-30(25(32)33)17-16-28(6)20(24(19)30)8-9-22-27(5)13-12-23(31)26(3,4)21(27)11-14-29(22,28)7;3-1-2-5-4/h21-26,34H,1,8-19H2,2-7H3,(H,35,36);19-22,24H,1,8-17H2,2-7H3,(H,32,33);5H,1-2H2/t21-,22+,23-,24+,25?,26+,29-,30+,31+,32-;19-,20+,21-,22+,24+,27-,28+,29+,30-;/m00./s1. The lowest BCUT2D eigenvalue weighted by molar-refractivity contribution is -0.240. The molecule has 0 amide bonds. The zero-order valence-electron chi connectivity index (χ0n) is 48.5. The summed E-state index contributed by atoms with van der Waals surface area (Å²) in [5.41, 5.74) is 2.84. The van der Waals surface area contributed by atoms with Crippen LogP contribution in [0.2, 0.25) is 0 Å². The summed E-state index contributed by atoms with van der Waals surface area (Å²) in [7, 11) is 0. The van der Waals surface area contributed by atoms with Crippen molar-refractivity contribution in [2.24, 2.45) is 113 Å². The van der Waals surface area contributed by atoms with Gasteiger partial charge in [0.2, 0.25) is 0 Å². The lowest BCUT2D eigenvalue weighted by atomic mass is 9.32. The number of aliphatic carboxylic acids is 2. The number of carbonyl (C=O) groups is 3. The number of hydrogen-bond donors (Lipinski definition) is 4. The Balaban J connectivity index is 0.000000181. The van der Waals surface area contributed by atoms with Crippen LogP contribution in [-0.2, 0) is 14.4 Å². The number of alkyl halides is 2. The molecule has 10 saturated carbocycles. The Morgan fingerprint density at radius 2 is 0.986 bits per heavy atom. The Bertz CT molecular complexity index is 2180. The Kier molecular flexibility index (Phi) is 16.3. The Labute approximate surface area is 464 Å². The van der Waals surface area contributed by atoms with Crippen LogP contribution in [0.4, 0.5) is 0 Å². The molecular weight excluding hydrogens is 983 g/mol. The number of nitrogens with one attached hydrogen (secondary N) is 2. The van der Waals surface area contributed by atoms with Gasteiger partial charge in [0.1, 0.15) is 5.78 Å². The minimum Gasteiger partial charge on any atom is -0.481 e. The van der Waals surface area contributed by atoms with Gasteiger partial charge >= 0.3 is 11.9 Å². The van der Waals surface area contributed by atoms with E-state index in [9.17, 15) is 24.6 Å². The lowest BCUT2D eigenvalue weighted by Gasteiger charge is -2.73. The van der Waals surface area contributed by atoms with Gasteiger partial charge in [-0.05, 0) is 245 Å². The monoisotopic (exact) mass is 1080 g/mol. The number of allylic oxidation sites excluding steroid dienone is 2. The van der Waals surface area contributed by atoms with Crippen molar-refractivity contribution in [2.45, 2.75) is 218 Å². The summed E-state index contributed by atoms with van der Waals surface area (Å²) in [6.45, 7) is 39.6. The van der Waals surface area contributed by atoms with Crippen molar-refractivity contribution in [3.05, 3.63) is 24.3 Å². The van der Waals surface area contributed by atoms with E-state index in [1.807, 2.05) is 0 Å². The van der Waals surface area contributed by atoms with Gasteiger partial charge in [0.15, 0.2) is 0 Å². The first-order valence-corrected chi connectivity index (χ1v) is 31.4. The molecule has 10 heteroatoms. The number of carbonyl (C=O) groups excluding carboxylic acids is 1. The molecular formula is C64H103Cl3N2O5. The summed E-state index contributed by atoms with van der Waals surface area (Å²) in [5.74, 6) is 5.38. The summed E-state index contributed by atoms with van der Waals surface area (Å²) < 4.78 is 0. The highest BCUT2D eigenvalue weighted by molar-refractivity contribution is 6.19. The van der Waals surface area contributed by atoms with Crippen LogP contribution in [0.5, 0.6) is 0 Å². The third-order valence-corrected chi connectivity index (χ3v) is 28.0. The van der Waals surface area contributed by atoms with Gasteiger partial charge in [0, 0.05) is 42.7 Å². The van der Waals surface area contributed by atoms with E-state index in [1.54, 1.807) is 0 Å². The molecule has 74 heavy (non-hydrogen) atoms. The van der Waals surface area contributed by atoms with Crippen molar-refractivity contribution in [1.82, 2.24) is 10.2 Å². The second-order valence-corrected chi connectivity index (χ2v) is 31.1. The number of carboxylic acids is 2. The molecule has 10 aliphatic rings. The van der Waals surface area contributed by atoms with Crippen LogP contribution >= 0.6 is 35.0 Å². The normalized spacial score (nSPS) is 49.1. The zero-order chi connectivity index (χ0) is 54.6. The van der Waals surface area contributed by atoms with Crippen LogP contribution in [0.1, 0.15) is 212 Å². The lowest BCUT2D eigenvalue weighted by Crippen LogP contribution is -2.67. The minimum absolute atomic E-state index is 0.164. The average Bonchev–Trinajstić information content (AvgIpc) is 3.93. The number of hydrogen-bond acceptors (Lipinski definition) is 5. The van der Waals surface area contributed by atoms with Gasteiger partial charge in [-0.3, -0.25) is 14.4 Å². The Morgan fingerprint density at radius 1 is 0.541 bits per heavy atom. The first kappa shape index (κ1) is 59.0. The first-order chi connectivity index (χ1) is 34.5. The van der Waals surface area contributed by atoms with Gasteiger partial charge in [-0.25, -0.2) is 4.84 Å². The second-order valence-electron chi connectivity index (χ2n) is 30.1. The van der Waals surface area contributed by atoms with Crippen molar-refractivity contribution in [3.63, 3.8) is 0 Å². The van der Waals surface area contributed by atoms with Crippen molar-refractivity contribution in [3.8, 4) is 0 Å². The molecule has 1 unspecified atom stereocenters. The molecule has 10 aliphatic carbocycles. The molecule has 0 aromatic heterocycles. The van der Waals surface area contributed by atoms with E-state index in [4.69, 9.17) is 35.0 Å². The zero-order valence-corrected chi connectivity index (χ0v) is 50.8. The molecule has 0 radical (unpaired) electrons. The van der Waals surface area contributed by atoms with Crippen molar-refractivity contribution in [1.29, 1.82) is 0 Å². The van der Waals surface area contributed by atoms with Gasteiger partial charge < -0.3 is 15.5 Å². The van der Waals surface area contributed by atoms with Crippen molar-refractivity contribution in [2.75, 3.05) is 24.8 Å². The number of carboxylic acid groups (broad SMARTS) is 2. The van der Waals surface area contributed by atoms with Crippen molar-refractivity contribution < 1.29 is 24.6 Å². The molecule has 0 bridgehead atoms. The van der Waals surface area contributed by atoms with E-state index in [2.05, 4.69) is 106 Å². The molecule has 7 nitrogen and oxygen atoms in total. The summed E-state index contributed by atoms with van der Waals surface area (Å²) in [4.78, 5) is 40.8. The third-order valence-electron chi connectivity index (χ3n) is 27.4. The van der Waals surface area contributed by atoms with Gasteiger partial charge in [0.05, 0.1) is 10.8 Å². The summed E-state index contributed by atoms with van der Waals surface area (Å²) in [5, 5.41) is 24.9. The van der Waals surface area contributed by atoms with E-state index in [0.29, 0.717) is 71.1 Å². The predicted octanol–water partition coefficient (Wildman–Crippen LogP) is 16.2. The highest BCUT2D eigenvalue weighted by Crippen LogP contribution is 2.79. The molecule has 0 aliphatic heterocycles. The maximum atomic E-state index is 12.9. The average molecular weight is 1090 g/mol. The highest BCUT2D eigenvalue weighted by atomic mass is 35.5. The number of Topliss-reactive ketones (excluding diaryl/α,β-unsaturated/α-hetero) is 1. The maximum Gasteiger partial charge on any atom is 0.309 e. The first-order valence-electron chi connectivity index (χ1n) is 30.0. The van der Waals surface area contributed by atoms with Gasteiger partial charge in [-0.2, -0.15) is 0 Å². The molecule has 0 spiro atoms. The topological polar surface area (TPSA) is 116 Å². The number of ketones is 1. The van der Waals surface area contributed by atoms with Gasteiger partial charge in [-0.1, -0.05) is 93.5 Å². The van der Waals surface area contributed by atoms with Crippen LogP contribution < -0.4 is 10.2 Å². The maximum absolute atomic E-state index is 12.9. The van der Waals surface area contributed by atoms with E-state index >= 15 is 0 Å². The molecule has 19 atom stereocenters. The van der Waals surface area contributed by atoms with Crippen LogP contribution in [0.3, 0.4) is 0 Å². The molecule has 0 aromatic rings. The quantitative estimate of drug-likeness (QED) is 0.103. The largest absolute Gasteiger partial charge is 0.481 e. The summed E-state index contributed by atoms with van der Waals surface area (Å²) in [6, 6.07) is 0.547. The molecule has 0 saturated heterocycles. The van der Waals surface area contributed by atoms with Crippen LogP contribution in [0, 0.1) is 113 Å². The fourth-order valence-corrected chi connectivity index (χ4v) is 23.9. The Hall–Kier alpha value is -1.12. The fourth-order valence-electron chi connectivity index (χ4n) is 23.5. The number of fused-ring (bicyclic) bond motifs is 14. The van der Waals surface area contributed by atoms with Crippen molar-refractivity contribution >= 4 is 52.7 Å². The van der Waals surface area contributed by atoms with Crippen LogP contribution in [0.25, 0.3) is 0 Å². The van der Waals surface area contributed by atoms with E-state index < -0.39 is 22.8 Å². The predicted molar refractivity (Wildman–Crippen MR) is 305 cm³/mol. The molecule has 0 aromatic carbocycles. The summed E-state index contributed by atoms with van der Waals surface area (Å²) in [6.07, 6.45) is 21.6. The van der Waals surface area contributed by atoms with E-state index in [1.165, 1.54) is 62.5 Å². The minimum atomic E-state index is -0.547. The van der Waals surface area contributed by atoms with E-state index in [0.717, 1.165) is 95.4 Å². The third kappa shape index (κ3) is 8.41. The van der Waals surface area contributed by atoms with Crippen LogP contribution in [-0.4, -0.2) is 58.8 Å². The number of rotatable bonds is 9. The number of halogens is 3. The second kappa shape index (κ2) is 20.5. The van der Waals surface area contributed by atoms with Crippen LogP contribution in [0.15, 0.2) is 24.3 Å². The fraction of sp³-hybridized carbons (Fsp3) is 0.891. The molecule has 10 rings (SSSR count). The van der Waals surface area contributed by atoms with Gasteiger partial charge in [0.25, 0.3) is 0 Å². The Morgan fingerprint density at radius 3 is 1.39 bits per heavy atom.